The van der Waals surface area contributed by atoms with E-state index < -0.39 is 0 Å². The molecule has 1 aromatic rings. The first-order chi connectivity index (χ1) is 8.02. The lowest BCUT2D eigenvalue weighted by atomic mass is 10.1. The van der Waals surface area contributed by atoms with Crippen LogP contribution in [-0.2, 0) is 14.1 Å². The lowest BCUT2D eigenvalue weighted by Gasteiger charge is -2.10. The Labute approximate surface area is 98.8 Å². The standard InChI is InChI=1S/C13H14N2O2/c1-9-5-4-6-11-10(8-7-9)12(16)15(3)13(17)14(11)2/h4-8H,1-3H3/b5-4?,6-4-,8-7-,9-5-,9-7?,10-8?,11-6?. The van der Waals surface area contributed by atoms with Crippen molar-refractivity contribution >= 4 is 12.2 Å². The average molecular weight is 230 g/mol. The van der Waals surface area contributed by atoms with Gasteiger partial charge in [-0.15, -0.1) is 0 Å². The van der Waals surface area contributed by atoms with E-state index in [-0.39, 0.29) is 11.2 Å². The number of hydrogen-bond donors (Lipinski definition) is 0. The quantitative estimate of drug-likeness (QED) is 0.669. The van der Waals surface area contributed by atoms with Gasteiger partial charge in [0, 0.05) is 14.1 Å². The molecule has 1 aliphatic rings. The molecule has 0 spiro atoms. The van der Waals surface area contributed by atoms with E-state index in [1.165, 1.54) is 11.6 Å². The number of aromatic nitrogens is 2. The molecular formula is C13H14N2O2. The van der Waals surface area contributed by atoms with E-state index in [4.69, 9.17) is 0 Å². The molecule has 0 fully saturated rings. The van der Waals surface area contributed by atoms with Crippen molar-refractivity contribution in [2.24, 2.45) is 14.1 Å². The van der Waals surface area contributed by atoms with Crippen molar-refractivity contribution in [3.05, 3.63) is 55.9 Å². The van der Waals surface area contributed by atoms with Gasteiger partial charge in [0.05, 0.1) is 11.3 Å². The Balaban J connectivity index is 2.89. The Morgan fingerprint density at radius 1 is 1.00 bits per heavy atom. The van der Waals surface area contributed by atoms with Crippen LogP contribution in [0.15, 0.2) is 33.4 Å². The summed E-state index contributed by atoms with van der Waals surface area (Å²) in [5.74, 6) is 0. The summed E-state index contributed by atoms with van der Waals surface area (Å²) in [4.78, 5) is 23.8. The molecule has 1 aromatic heterocycles. The SMILES string of the molecule is CC1=C/C=C\c2c(c(=O)n(C)c(=O)n2C)/C=C\1. The fourth-order valence-corrected chi connectivity index (χ4v) is 1.81. The van der Waals surface area contributed by atoms with E-state index in [2.05, 4.69) is 0 Å². The van der Waals surface area contributed by atoms with Crippen molar-refractivity contribution in [3.63, 3.8) is 0 Å². The maximum atomic E-state index is 12.0. The summed E-state index contributed by atoms with van der Waals surface area (Å²) in [6.45, 7) is 1.96. The summed E-state index contributed by atoms with van der Waals surface area (Å²) < 4.78 is 2.60. The molecule has 0 N–H and O–H groups in total. The van der Waals surface area contributed by atoms with E-state index >= 15 is 0 Å². The first-order valence-corrected chi connectivity index (χ1v) is 5.35. The van der Waals surface area contributed by atoms with E-state index in [0.717, 1.165) is 10.1 Å². The fourth-order valence-electron chi connectivity index (χ4n) is 1.81. The highest BCUT2D eigenvalue weighted by Gasteiger charge is 2.11. The molecular weight excluding hydrogens is 216 g/mol. The summed E-state index contributed by atoms with van der Waals surface area (Å²) in [5.41, 5.74) is 1.66. The molecule has 0 unspecified atom stereocenters. The number of fused-ring (bicyclic) bond motifs is 1. The molecule has 0 aromatic carbocycles. The summed E-state index contributed by atoms with van der Waals surface area (Å²) in [6, 6.07) is 0. The van der Waals surface area contributed by atoms with Crippen molar-refractivity contribution in [3.8, 4) is 0 Å². The molecule has 88 valence electrons. The van der Waals surface area contributed by atoms with Gasteiger partial charge in [0.15, 0.2) is 0 Å². The molecule has 1 aliphatic carbocycles. The Kier molecular flexibility index (Phi) is 2.71. The van der Waals surface area contributed by atoms with Crippen LogP contribution in [-0.4, -0.2) is 9.13 Å². The molecule has 4 heteroatoms. The minimum absolute atomic E-state index is 0.265. The van der Waals surface area contributed by atoms with Crippen LogP contribution in [0.3, 0.4) is 0 Å². The van der Waals surface area contributed by atoms with Crippen molar-refractivity contribution < 1.29 is 0 Å². The molecule has 0 saturated heterocycles. The highest BCUT2D eigenvalue weighted by Crippen LogP contribution is 2.11. The predicted molar refractivity (Wildman–Crippen MR) is 68.7 cm³/mol. The second-order valence-electron chi connectivity index (χ2n) is 4.11. The van der Waals surface area contributed by atoms with Crippen molar-refractivity contribution in [2.45, 2.75) is 6.92 Å². The lowest BCUT2D eigenvalue weighted by molar-refractivity contribution is 0.677. The molecule has 0 radical (unpaired) electrons. The highest BCUT2D eigenvalue weighted by atomic mass is 16.2. The smallest absolute Gasteiger partial charge is 0.296 e. The van der Waals surface area contributed by atoms with Crippen LogP contribution in [0.1, 0.15) is 18.2 Å². The molecule has 17 heavy (non-hydrogen) atoms. The van der Waals surface area contributed by atoms with Crippen LogP contribution in [0.4, 0.5) is 0 Å². The van der Waals surface area contributed by atoms with Crippen LogP contribution in [0.25, 0.3) is 12.2 Å². The van der Waals surface area contributed by atoms with Crippen LogP contribution < -0.4 is 11.2 Å². The van der Waals surface area contributed by atoms with Gasteiger partial charge in [-0.25, -0.2) is 4.79 Å². The zero-order valence-corrected chi connectivity index (χ0v) is 10.1. The van der Waals surface area contributed by atoms with Gasteiger partial charge >= 0.3 is 5.69 Å². The van der Waals surface area contributed by atoms with E-state index in [0.29, 0.717) is 11.3 Å². The monoisotopic (exact) mass is 230 g/mol. The van der Waals surface area contributed by atoms with Gasteiger partial charge in [0.25, 0.3) is 5.56 Å². The highest BCUT2D eigenvalue weighted by molar-refractivity contribution is 5.65. The van der Waals surface area contributed by atoms with Gasteiger partial charge in [-0.2, -0.15) is 0 Å². The average Bonchev–Trinajstić information content (AvgIpc) is 2.29. The van der Waals surface area contributed by atoms with Crippen molar-refractivity contribution in [1.82, 2.24) is 9.13 Å². The molecule has 2 rings (SSSR count). The zero-order valence-electron chi connectivity index (χ0n) is 10.1. The zero-order chi connectivity index (χ0) is 12.6. The molecule has 0 amide bonds. The van der Waals surface area contributed by atoms with E-state index in [1.807, 2.05) is 25.2 Å². The van der Waals surface area contributed by atoms with Crippen LogP contribution in [0.5, 0.6) is 0 Å². The van der Waals surface area contributed by atoms with Gasteiger partial charge in [-0.3, -0.25) is 13.9 Å². The second kappa shape index (κ2) is 4.05. The first kappa shape index (κ1) is 11.4. The number of allylic oxidation sites excluding steroid dienone is 4. The van der Waals surface area contributed by atoms with E-state index in [9.17, 15) is 9.59 Å². The number of rotatable bonds is 0. The second-order valence-corrected chi connectivity index (χ2v) is 4.11. The predicted octanol–water partition coefficient (Wildman–Crippen LogP) is 1.07. The van der Waals surface area contributed by atoms with Gasteiger partial charge in [0.1, 0.15) is 0 Å². The minimum Gasteiger partial charge on any atom is -0.296 e. The Hall–Kier alpha value is -2.10. The first-order valence-electron chi connectivity index (χ1n) is 5.35. The largest absolute Gasteiger partial charge is 0.330 e. The maximum absolute atomic E-state index is 12.0. The Morgan fingerprint density at radius 3 is 2.41 bits per heavy atom. The summed E-state index contributed by atoms with van der Waals surface area (Å²) >= 11 is 0. The van der Waals surface area contributed by atoms with Gasteiger partial charge in [-0.05, 0) is 19.1 Å². The molecule has 0 atom stereocenters. The summed E-state index contributed by atoms with van der Waals surface area (Å²) in [7, 11) is 3.15. The van der Waals surface area contributed by atoms with Gasteiger partial charge < -0.3 is 0 Å². The van der Waals surface area contributed by atoms with Gasteiger partial charge in [0.2, 0.25) is 0 Å². The van der Waals surface area contributed by atoms with Crippen molar-refractivity contribution in [2.75, 3.05) is 0 Å². The third-order valence-electron chi connectivity index (χ3n) is 2.87. The summed E-state index contributed by atoms with van der Waals surface area (Å²) in [5, 5.41) is 0. The third-order valence-corrected chi connectivity index (χ3v) is 2.87. The molecule has 0 bridgehead atoms. The normalized spacial score (nSPS) is 20.8. The van der Waals surface area contributed by atoms with Crippen molar-refractivity contribution in [1.29, 1.82) is 0 Å². The third kappa shape index (κ3) is 1.82. The minimum atomic E-state index is -0.312. The Morgan fingerprint density at radius 2 is 1.71 bits per heavy atom. The summed E-state index contributed by atoms with van der Waals surface area (Å²) in [6.07, 6.45) is 9.18. The maximum Gasteiger partial charge on any atom is 0.330 e. The fraction of sp³-hybridized carbons (Fsp3) is 0.231. The molecule has 1 heterocycles. The number of hydrogen-bond acceptors (Lipinski definition) is 2. The van der Waals surface area contributed by atoms with E-state index in [1.54, 1.807) is 19.2 Å². The van der Waals surface area contributed by atoms with Crippen LogP contribution in [0.2, 0.25) is 0 Å². The number of nitrogens with zero attached hydrogens (tertiary/aromatic N) is 2. The molecule has 0 saturated carbocycles. The van der Waals surface area contributed by atoms with Crippen LogP contribution >= 0.6 is 0 Å². The molecule has 4 nitrogen and oxygen atoms in total. The topological polar surface area (TPSA) is 44.0 Å². The van der Waals surface area contributed by atoms with Crippen LogP contribution in [0, 0.1) is 0 Å². The lowest BCUT2D eigenvalue weighted by Crippen LogP contribution is -2.39. The molecule has 0 aliphatic heterocycles. The van der Waals surface area contributed by atoms with Gasteiger partial charge in [-0.1, -0.05) is 23.8 Å². The Bertz CT molecular complexity index is 670.